The molecule has 0 aromatic heterocycles. The number of rotatable bonds is 5. The average Bonchev–Trinajstić information content (AvgIpc) is 3.04. The van der Waals surface area contributed by atoms with Gasteiger partial charge in [-0.2, -0.15) is 15.4 Å². The summed E-state index contributed by atoms with van der Waals surface area (Å²) < 4.78 is -1.82. The number of aliphatic imine (C=N–C) groups is 1. The van der Waals surface area contributed by atoms with Gasteiger partial charge in [-0.05, 0) is 24.6 Å². The van der Waals surface area contributed by atoms with Gasteiger partial charge in [-0.3, -0.25) is 9.59 Å². The number of fused-ring (bicyclic) bond motifs is 1. The lowest BCUT2D eigenvalue weighted by atomic mass is 9.93. The molecule has 0 saturated carbocycles. The number of hydrogen-bond acceptors (Lipinski definition) is 7. The molecule has 0 fully saturated rings. The fourth-order valence-electron chi connectivity index (χ4n) is 3.66. The lowest BCUT2D eigenvalue weighted by Gasteiger charge is -2.35. The molecule has 7 nitrogen and oxygen atoms in total. The number of ketones is 2. The summed E-state index contributed by atoms with van der Waals surface area (Å²) in [5.41, 5.74) is 7.38. The van der Waals surface area contributed by atoms with Crippen molar-refractivity contribution in [3.63, 3.8) is 0 Å². The van der Waals surface area contributed by atoms with Crippen molar-refractivity contribution in [1.29, 1.82) is 5.26 Å². The van der Waals surface area contributed by atoms with E-state index in [1.165, 1.54) is 5.01 Å². The monoisotopic (exact) mass is 455 g/mol. The zero-order valence-corrected chi connectivity index (χ0v) is 18.7. The average molecular weight is 456 g/mol. The second kappa shape index (κ2) is 9.27. The molecule has 33 heavy (non-hydrogen) atoms. The highest BCUT2D eigenvalue weighted by Crippen LogP contribution is 2.49. The molecule has 0 saturated heterocycles. The number of amidine groups is 1. The summed E-state index contributed by atoms with van der Waals surface area (Å²) >= 11 is 0.901. The minimum absolute atomic E-state index is 0.0967. The fraction of sp³-hybridized carbons (Fsp3) is 0.160. The van der Waals surface area contributed by atoms with Crippen LogP contribution in [-0.4, -0.2) is 32.7 Å². The number of allylic oxidation sites excluding steroid dienone is 2. The Balaban J connectivity index is 1.89. The molecule has 0 unspecified atom stereocenters. The van der Waals surface area contributed by atoms with Gasteiger partial charge >= 0.3 is 0 Å². The van der Waals surface area contributed by atoms with E-state index in [1.807, 2.05) is 30.3 Å². The van der Waals surface area contributed by atoms with Crippen molar-refractivity contribution >= 4 is 40.4 Å². The van der Waals surface area contributed by atoms with Crippen LogP contribution in [0.5, 0.6) is 0 Å². The second-order valence-electron chi connectivity index (χ2n) is 7.38. The van der Waals surface area contributed by atoms with Gasteiger partial charge in [0.05, 0.1) is 5.69 Å². The summed E-state index contributed by atoms with van der Waals surface area (Å²) in [6.07, 6.45) is 7.18. The van der Waals surface area contributed by atoms with E-state index in [0.717, 1.165) is 24.6 Å². The molecule has 2 aromatic carbocycles. The van der Waals surface area contributed by atoms with Crippen LogP contribution >= 0.6 is 11.8 Å². The van der Waals surface area contributed by atoms with Gasteiger partial charge < -0.3 is 5.73 Å². The van der Waals surface area contributed by atoms with E-state index in [0.29, 0.717) is 5.69 Å². The molecule has 1 heterocycles. The lowest BCUT2D eigenvalue weighted by molar-refractivity contribution is 0.0889. The van der Waals surface area contributed by atoms with Crippen LogP contribution < -0.4 is 5.73 Å². The molecule has 2 aromatic rings. The number of nitriles is 1. The number of nitrogens with zero attached hydrogens (tertiary/aromatic N) is 4. The first-order chi connectivity index (χ1) is 16.0. The van der Waals surface area contributed by atoms with Crippen molar-refractivity contribution in [1.82, 2.24) is 5.01 Å². The van der Waals surface area contributed by atoms with Crippen LogP contribution in [0.2, 0.25) is 0 Å². The van der Waals surface area contributed by atoms with E-state index in [2.05, 4.69) is 17.0 Å². The molecule has 1 aliphatic carbocycles. The predicted octanol–water partition coefficient (Wildman–Crippen LogP) is 4.58. The number of carbonyl (C=O) groups excluding carboxylic acids is 2. The van der Waals surface area contributed by atoms with E-state index >= 15 is 0 Å². The molecule has 0 radical (unpaired) electrons. The third kappa shape index (κ3) is 3.77. The summed E-state index contributed by atoms with van der Waals surface area (Å²) in [5.74, 6) is -1.04. The number of para-hydroxylation sites is 1. The maximum atomic E-state index is 13.5. The first-order valence-electron chi connectivity index (χ1n) is 10.5. The van der Waals surface area contributed by atoms with Gasteiger partial charge in [-0.25, -0.2) is 4.99 Å². The SMILES string of the molecule is CCC/C=C/C=N/N1C(=Nc2ccccc2)SC2(C(=O)c3ccccc3C2=O)C(C#N)=C1N. The summed E-state index contributed by atoms with van der Waals surface area (Å²) in [7, 11) is 0. The van der Waals surface area contributed by atoms with E-state index < -0.39 is 16.3 Å². The van der Waals surface area contributed by atoms with Crippen molar-refractivity contribution in [2.24, 2.45) is 15.8 Å². The number of thioether (sulfide) groups is 1. The number of unbranched alkanes of at least 4 members (excludes halogenated alkanes) is 1. The van der Waals surface area contributed by atoms with Crippen LogP contribution in [0.3, 0.4) is 0 Å². The molecule has 0 atom stereocenters. The maximum Gasteiger partial charge on any atom is 0.193 e. The van der Waals surface area contributed by atoms with Crippen LogP contribution in [0, 0.1) is 11.3 Å². The molecule has 2 N–H and O–H groups in total. The zero-order valence-electron chi connectivity index (χ0n) is 17.9. The predicted molar refractivity (Wildman–Crippen MR) is 130 cm³/mol. The Morgan fingerprint density at radius 1 is 1.09 bits per heavy atom. The Kier molecular flexibility index (Phi) is 6.24. The Morgan fingerprint density at radius 2 is 1.73 bits per heavy atom. The van der Waals surface area contributed by atoms with Gasteiger partial charge in [0.1, 0.15) is 17.5 Å². The smallest absolute Gasteiger partial charge is 0.193 e. The number of carbonyl (C=O) groups is 2. The lowest BCUT2D eigenvalue weighted by Crippen LogP contribution is -2.49. The van der Waals surface area contributed by atoms with Crippen molar-refractivity contribution in [2.75, 3.05) is 0 Å². The molecule has 8 heteroatoms. The van der Waals surface area contributed by atoms with Crippen LogP contribution in [0.15, 0.2) is 88.2 Å². The Hall–Kier alpha value is -3.96. The van der Waals surface area contributed by atoms with Crippen molar-refractivity contribution in [3.05, 3.63) is 89.3 Å². The molecule has 0 amide bonds. The molecular weight excluding hydrogens is 434 g/mol. The topological polar surface area (TPSA) is 112 Å². The van der Waals surface area contributed by atoms with E-state index in [4.69, 9.17) is 5.73 Å². The van der Waals surface area contributed by atoms with Crippen LogP contribution in [-0.2, 0) is 0 Å². The standard InChI is InChI=1S/C25H21N5O2S/c1-2-3-4-10-15-28-30-23(27)20(16-26)25(33-24(30)29-17-11-6-5-7-12-17)21(31)18-13-8-9-14-19(18)22(25)32/h4-15H,2-3,27H2,1H3/b10-4+,28-15+,29-24?. The van der Waals surface area contributed by atoms with Gasteiger partial charge in [-0.1, -0.05) is 73.6 Å². The van der Waals surface area contributed by atoms with Gasteiger partial charge in [0.2, 0.25) is 0 Å². The second-order valence-corrected chi connectivity index (χ2v) is 8.56. The fourth-order valence-corrected chi connectivity index (χ4v) is 4.98. The Bertz CT molecular complexity index is 1240. The van der Waals surface area contributed by atoms with Gasteiger partial charge in [-0.15, -0.1) is 0 Å². The summed E-state index contributed by atoms with van der Waals surface area (Å²) in [4.78, 5) is 31.7. The molecule has 4 rings (SSSR count). The number of hydrogen-bond donors (Lipinski definition) is 1. The van der Waals surface area contributed by atoms with Gasteiger partial charge in [0.15, 0.2) is 21.5 Å². The van der Waals surface area contributed by atoms with E-state index in [9.17, 15) is 14.9 Å². The molecular formula is C25H21N5O2S. The normalized spacial score (nSPS) is 18.7. The summed E-state index contributed by atoms with van der Waals surface area (Å²) in [6, 6.07) is 17.7. The maximum absolute atomic E-state index is 13.5. The third-order valence-electron chi connectivity index (χ3n) is 5.27. The molecule has 164 valence electrons. The third-order valence-corrected chi connectivity index (χ3v) is 6.60. The molecule has 0 bridgehead atoms. The van der Waals surface area contributed by atoms with E-state index in [1.54, 1.807) is 48.7 Å². The largest absolute Gasteiger partial charge is 0.383 e. The number of Topliss-reactive ketones (excluding diaryl/α,β-unsaturated/α-hetero) is 2. The first-order valence-corrected chi connectivity index (χ1v) is 11.3. The number of nitrogens with two attached hydrogens (primary N) is 1. The van der Waals surface area contributed by atoms with Crippen LogP contribution in [0.25, 0.3) is 0 Å². The highest BCUT2D eigenvalue weighted by Gasteiger charge is 2.61. The highest BCUT2D eigenvalue weighted by molar-refractivity contribution is 8.16. The Morgan fingerprint density at radius 3 is 2.33 bits per heavy atom. The molecule has 2 aliphatic rings. The van der Waals surface area contributed by atoms with Gasteiger partial charge in [0, 0.05) is 17.3 Å². The molecule has 1 aliphatic heterocycles. The minimum atomic E-state index is -1.82. The van der Waals surface area contributed by atoms with Gasteiger partial charge in [0.25, 0.3) is 0 Å². The van der Waals surface area contributed by atoms with Crippen molar-refractivity contribution in [3.8, 4) is 6.07 Å². The van der Waals surface area contributed by atoms with Crippen LogP contribution in [0.1, 0.15) is 40.5 Å². The first kappa shape index (κ1) is 22.2. The number of benzene rings is 2. The summed E-state index contributed by atoms with van der Waals surface area (Å²) in [6.45, 7) is 2.07. The number of hydrazone groups is 1. The highest BCUT2D eigenvalue weighted by atomic mass is 32.2. The minimum Gasteiger partial charge on any atom is -0.383 e. The van der Waals surface area contributed by atoms with Crippen LogP contribution in [0.4, 0.5) is 5.69 Å². The Labute approximate surface area is 196 Å². The zero-order chi connectivity index (χ0) is 23.4. The van der Waals surface area contributed by atoms with Crippen molar-refractivity contribution in [2.45, 2.75) is 24.5 Å². The summed E-state index contributed by atoms with van der Waals surface area (Å²) in [5, 5.41) is 15.9. The molecule has 1 spiro atoms. The van der Waals surface area contributed by atoms with E-state index in [-0.39, 0.29) is 27.7 Å². The quantitative estimate of drug-likeness (QED) is 0.522. The van der Waals surface area contributed by atoms with Crippen molar-refractivity contribution < 1.29 is 9.59 Å².